The maximum absolute atomic E-state index is 12.2. The van der Waals surface area contributed by atoms with Crippen molar-refractivity contribution in [3.63, 3.8) is 0 Å². The van der Waals surface area contributed by atoms with E-state index in [1.165, 1.54) is 18.3 Å². The smallest absolute Gasteiger partial charge is 0.407 e. The molecule has 7 nitrogen and oxygen atoms in total. The van der Waals surface area contributed by atoms with E-state index in [2.05, 4.69) is 34.6 Å². The predicted molar refractivity (Wildman–Crippen MR) is 118 cm³/mol. The Morgan fingerprint density at radius 1 is 1.03 bits per heavy atom. The van der Waals surface area contributed by atoms with E-state index in [9.17, 15) is 19.8 Å². The highest BCUT2D eigenvalue weighted by Gasteiger charge is 2.29. The molecule has 0 saturated carbocycles. The number of aliphatic hydroxyl groups excluding tert-OH is 2. The van der Waals surface area contributed by atoms with Crippen LogP contribution in [0, 0.1) is 0 Å². The van der Waals surface area contributed by atoms with Gasteiger partial charge in [0.05, 0.1) is 11.8 Å². The fourth-order valence-corrected chi connectivity index (χ4v) is 3.99. The van der Waals surface area contributed by atoms with Gasteiger partial charge in [0.15, 0.2) is 6.29 Å². The normalized spacial score (nSPS) is 14.2. The predicted octanol–water partition coefficient (Wildman–Crippen LogP) is 3.22. The SMILES string of the molecule is O=Cc1ccc(C(O)C(O)CCNC(=O)OCC2c3ccccc3-c3ccccc32)nc1. The lowest BCUT2D eigenvalue weighted by Crippen LogP contribution is -2.30. The minimum atomic E-state index is -1.22. The summed E-state index contributed by atoms with van der Waals surface area (Å²) >= 11 is 0. The lowest BCUT2D eigenvalue weighted by molar-refractivity contribution is 0.0112. The van der Waals surface area contributed by atoms with Gasteiger partial charge in [0.2, 0.25) is 0 Å². The molecule has 0 aliphatic heterocycles. The average molecular weight is 432 g/mol. The molecule has 7 heteroatoms. The van der Waals surface area contributed by atoms with E-state index in [1.807, 2.05) is 24.3 Å². The Kier molecular flexibility index (Phi) is 6.58. The van der Waals surface area contributed by atoms with Crippen LogP contribution in [0.15, 0.2) is 66.9 Å². The van der Waals surface area contributed by atoms with E-state index in [0.29, 0.717) is 11.8 Å². The minimum Gasteiger partial charge on any atom is -0.449 e. The lowest BCUT2D eigenvalue weighted by atomic mass is 9.98. The van der Waals surface area contributed by atoms with Crippen LogP contribution in [0.1, 0.15) is 45.6 Å². The third-order valence-electron chi connectivity index (χ3n) is 5.67. The number of carbonyl (C=O) groups is 2. The van der Waals surface area contributed by atoms with Crippen molar-refractivity contribution in [1.82, 2.24) is 10.3 Å². The number of carbonyl (C=O) groups excluding carboxylic acids is 2. The van der Waals surface area contributed by atoms with Crippen molar-refractivity contribution in [1.29, 1.82) is 0 Å². The summed E-state index contributed by atoms with van der Waals surface area (Å²) in [5.74, 6) is -0.0269. The molecule has 0 fully saturated rings. The van der Waals surface area contributed by atoms with Crippen LogP contribution in [0.4, 0.5) is 4.79 Å². The van der Waals surface area contributed by atoms with Crippen molar-refractivity contribution in [3.8, 4) is 11.1 Å². The Morgan fingerprint density at radius 2 is 1.69 bits per heavy atom. The number of nitrogens with zero attached hydrogens (tertiary/aromatic N) is 1. The Morgan fingerprint density at radius 3 is 2.28 bits per heavy atom. The molecule has 32 heavy (non-hydrogen) atoms. The number of hydrogen-bond acceptors (Lipinski definition) is 6. The zero-order valence-electron chi connectivity index (χ0n) is 17.3. The summed E-state index contributed by atoms with van der Waals surface area (Å²) in [5, 5.41) is 23.0. The number of hydrogen-bond donors (Lipinski definition) is 3. The van der Waals surface area contributed by atoms with Crippen molar-refractivity contribution in [2.45, 2.75) is 24.5 Å². The van der Waals surface area contributed by atoms with Gasteiger partial charge in [-0.15, -0.1) is 0 Å². The molecule has 0 radical (unpaired) electrons. The first-order valence-corrected chi connectivity index (χ1v) is 10.4. The van der Waals surface area contributed by atoms with Crippen LogP contribution in [-0.2, 0) is 4.74 Å². The molecule has 1 aliphatic carbocycles. The fourth-order valence-electron chi connectivity index (χ4n) is 3.99. The van der Waals surface area contributed by atoms with Gasteiger partial charge in [0, 0.05) is 24.2 Å². The highest BCUT2D eigenvalue weighted by molar-refractivity contribution is 5.79. The number of fused-ring (bicyclic) bond motifs is 3. The Hall–Kier alpha value is -3.55. The molecule has 0 bridgehead atoms. The highest BCUT2D eigenvalue weighted by atomic mass is 16.5. The highest BCUT2D eigenvalue weighted by Crippen LogP contribution is 2.44. The lowest BCUT2D eigenvalue weighted by Gasteiger charge is -2.18. The van der Waals surface area contributed by atoms with Crippen LogP contribution in [0.2, 0.25) is 0 Å². The summed E-state index contributed by atoms with van der Waals surface area (Å²) in [6.45, 7) is 0.333. The molecule has 0 spiro atoms. The van der Waals surface area contributed by atoms with E-state index in [4.69, 9.17) is 4.74 Å². The van der Waals surface area contributed by atoms with E-state index in [0.717, 1.165) is 22.3 Å². The van der Waals surface area contributed by atoms with Crippen LogP contribution in [0.5, 0.6) is 0 Å². The molecule has 4 rings (SSSR count). The van der Waals surface area contributed by atoms with Crippen LogP contribution in [0.25, 0.3) is 11.1 Å². The van der Waals surface area contributed by atoms with Crippen molar-refractivity contribution in [2.75, 3.05) is 13.2 Å². The summed E-state index contributed by atoms with van der Waals surface area (Å²) < 4.78 is 5.45. The first kappa shape index (κ1) is 21.7. The zero-order valence-corrected chi connectivity index (χ0v) is 17.3. The topological polar surface area (TPSA) is 109 Å². The molecular weight excluding hydrogens is 408 g/mol. The Bertz CT molecular complexity index is 1050. The number of amides is 1. The quantitative estimate of drug-likeness (QED) is 0.472. The van der Waals surface area contributed by atoms with Crippen LogP contribution in [-0.4, -0.2) is 46.8 Å². The maximum Gasteiger partial charge on any atom is 0.407 e. The van der Waals surface area contributed by atoms with Crippen LogP contribution in [0.3, 0.4) is 0 Å². The van der Waals surface area contributed by atoms with E-state index in [-0.39, 0.29) is 31.2 Å². The third-order valence-corrected chi connectivity index (χ3v) is 5.67. The number of rotatable bonds is 8. The molecule has 0 saturated heterocycles. The Labute approximate surface area is 185 Å². The molecular formula is C25H24N2O5. The van der Waals surface area contributed by atoms with Crippen molar-refractivity contribution < 1.29 is 24.5 Å². The van der Waals surface area contributed by atoms with Gasteiger partial charge in [-0.25, -0.2) is 4.79 Å². The van der Waals surface area contributed by atoms with Gasteiger partial charge in [-0.1, -0.05) is 48.5 Å². The fraction of sp³-hybridized carbons (Fsp3) is 0.240. The molecule has 2 aromatic carbocycles. The number of ether oxygens (including phenoxy) is 1. The molecule has 2 atom stereocenters. The number of alkyl carbamates (subject to hydrolysis) is 1. The van der Waals surface area contributed by atoms with E-state index >= 15 is 0 Å². The first-order chi connectivity index (χ1) is 15.6. The number of benzene rings is 2. The molecule has 164 valence electrons. The minimum absolute atomic E-state index is 0.0269. The number of pyridine rings is 1. The van der Waals surface area contributed by atoms with Crippen LogP contribution < -0.4 is 5.32 Å². The molecule has 2 unspecified atom stereocenters. The van der Waals surface area contributed by atoms with E-state index in [1.54, 1.807) is 0 Å². The van der Waals surface area contributed by atoms with Crippen LogP contribution >= 0.6 is 0 Å². The second-order valence-corrected chi connectivity index (χ2v) is 7.69. The number of aldehydes is 1. The summed E-state index contributed by atoms with van der Waals surface area (Å²) in [6, 6.07) is 19.2. The van der Waals surface area contributed by atoms with Gasteiger partial charge < -0.3 is 20.3 Å². The van der Waals surface area contributed by atoms with Gasteiger partial charge in [0.25, 0.3) is 0 Å². The maximum atomic E-state index is 12.2. The van der Waals surface area contributed by atoms with Gasteiger partial charge in [-0.05, 0) is 40.8 Å². The molecule has 3 N–H and O–H groups in total. The second-order valence-electron chi connectivity index (χ2n) is 7.69. The Balaban J connectivity index is 1.27. The molecule has 1 aliphatic rings. The standard InChI is InChI=1S/C25H24N2O5/c28-14-16-9-10-22(27-13-16)24(30)23(29)11-12-26-25(31)32-15-21-19-7-3-1-5-17(19)18-6-2-4-8-20(18)21/h1-10,13-14,21,23-24,29-30H,11-12,15H2,(H,26,31). The van der Waals surface area contributed by atoms with Gasteiger partial charge in [0.1, 0.15) is 12.7 Å². The number of aliphatic hydroxyl groups is 2. The molecule has 1 aromatic heterocycles. The molecule has 1 heterocycles. The molecule has 1 amide bonds. The van der Waals surface area contributed by atoms with Gasteiger partial charge in [-0.3, -0.25) is 9.78 Å². The second kappa shape index (κ2) is 9.72. The number of aromatic nitrogens is 1. The zero-order chi connectivity index (χ0) is 22.5. The van der Waals surface area contributed by atoms with Crippen molar-refractivity contribution in [3.05, 3.63) is 89.2 Å². The van der Waals surface area contributed by atoms with Gasteiger partial charge >= 0.3 is 6.09 Å². The third kappa shape index (κ3) is 4.54. The average Bonchev–Trinajstić information content (AvgIpc) is 3.16. The summed E-state index contributed by atoms with van der Waals surface area (Å²) in [7, 11) is 0. The van der Waals surface area contributed by atoms with Gasteiger partial charge in [-0.2, -0.15) is 0 Å². The summed E-state index contributed by atoms with van der Waals surface area (Å²) in [6.07, 6.45) is -0.839. The summed E-state index contributed by atoms with van der Waals surface area (Å²) in [4.78, 5) is 26.8. The largest absolute Gasteiger partial charge is 0.449 e. The van der Waals surface area contributed by atoms with Crippen molar-refractivity contribution in [2.24, 2.45) is 0 Å². The first-order valence-electron chi connectivity index (χ1n) is 10.4. The van der Waals surface area contributed by atoms with Crippen molar-refractivity contribution >= 4 is 12.4 Å². The molecule has 3 aromatic rings. The monoisotopic (exact) mass is 432 g/mol. The van der Waals surface area contributed by atoms with E-state index < -0.39 is 18.3 Å². The number of nitrogens with one attached hydrogen (secondary N) is 1. The summed E-state index contributed by atoms with van der Waals surface area (Å²) in [5.41, 5.74) is 5.21.